The van der Waals surface area contributed by atoms with Crippen molar-refractivity contribution in [2.75, 3.05) is 0 Å². The first kappa shape index (κ1) is 6.28. The predicted molar refractivity (Wildman–Crippen MR) is 46.3 cm³/mol. The molecule has 0 aliphatic heterocycles. The molecule has 0 aromatic heterocycles. The van der Waals surface area contributed by atoms with Crippen LogP contribution >= 0.6 is 0 Å². The van der Waals surface area contributed by atoms with E-state index in [4.69, 9.17) is 0 Å². The van der Waals surface area contributed by atoms with E-state index in [9.17, 15) is 0 Å². The lowest BCUT2D eigenvalue weighted by Crippen LogP contribution is -2.30. The van der Waals surface area contributed by atoms with Crippen LogP contribution in [0.4, 0.5) is 0 Å². The average molecular weight is 148 g/mol. The highest BCUT2D eigenvalue weighted by Crippen LogP contribution is 2.80. The molecule has 0 heterocycles. The quantitative estimate of drug-likeness (QED) is 0.500. The molecule has 5 aliphatic carbocycles. The lowest BCUT2D eigenvalue weighted by atomic mass is 9.63. The van der Waals surface area contributed by atoms with Crippen LogP contribution in [0, 0.1) is 10.8 Å². The van der Waals surface area contributed by atoms with Gasteiger partial charge < -0.3 is 0 Å². The van der Waals surface area contributed by atoms with Crippen LogP contribution in [0.5, 0.6) is 0 Å². The van der Waals surface area contributed by atoms with E-state index >= 15 is 0 Å². The van der Waals surface area contributed by atoms with E-state index in [2.05, 4.69) is 13.0 Å². The van der Waals surface area contributed by atoms with E-state index in [0.29, 0.717) is 0 Å². The molecule has 5 fully saturated rings. The van der Waals surface area contributed by atoms with Crippen molar-refractivity contribution < 1.29 is 0 Å². The predicted octanol–water partition coefficient (Wildman–Crippen LogP) is 3.29. The fraction of sp³-hybridized carbons (Fsp3) is 0.818. The third kappa shape index (κ3) is 0.483. The molecule has 0 amide bonds. The zero-order valence-corrected chi connectivity index (χ0v) is 7.32. The van der Waals surface area contributed by atoms with Gasteiger partial charge in [0.1, 0.15) is 0 Å². The minimum absolute atomic E-state index is 0.774. The highest BCUT2D eigenvalue weighted by atomic mass is 14.7. The first-order valence-electron chi connectivity index (χ1n) is 5.03. The Morgan fingerprint density at radius 1 is 1.18 bits per heavy atom. The number of rotatable bonds is 1. The molecule has 0 N–H and O–H groups in total. The Hall–Kier alpha value is -0.260. The molecular formula is C11H16. The molecule has 0 radical (unpaired) electrons. The minimum atomic E-state index is 0.774. The van der Waals surface area contributed by atoms with Gasteiger partial charge in [-0.3, -0.25) is 0 Å². The second-order valence-electron chi connectivity index (χ2n) is 4.76. The summed E-state index contributed by atoms with van der Waals surface area (Å²) in [5.41, 5.74) is 3.43. The molecule has 0 heteroatoms. The summed E-state index contributed by atoms with van der Waals surface area (Å²) in [6.45, 7) is 2.28. The molecule has 2 bridgehead atoms. The number of hydrogen-bond donors (Lipinski definition) is 0. The molecule has 60 valence electrons. The smallest absolute Gasteiger partial charge is 0.00735 e. The van der Waals surface area contributed by atoms with Crippen molar-refractivity contribution in [1.82, 2.24) is 0 Å². The summed E-state index contributed by atoms with van der Waals surface area (Å²) in [6.07, 6.45) is 11.5. The van der Waals surface area contributed by atoms with Gasteiger partial charge in [0.15, 0.2) is 0 Å². The number of hydrogen-bond acceptors (Lipinski definition) is 0. The van der Waals surface area contributed by atoms with Gasteiger partial charge in [-0.1, -0.05) is 18.6 Å². The summed E-state index contributed by atoms with van der Waals surface area (Å²) in [5.74, 6) is 0. The molecule has 0 atom stereocenters. The first-order chi connectivity index (χ1) is 5.31. The second kappa shape index (κ2) is 1.57. The van der Waals surface area contributed by atoms with E-state index in [1.165, 1.54) is 32.1 Å². The molecule has 0 saturated heterocycles. The van der Waals surface area contributed by atoms with E-state index in [1.807, 2.05) is 5.57 Å². The first-order valence-corrected chi connectivity index (χ1v) is 5.03. The van der Waals surface area contributed by atoms with Crippen molar-refractivity contribution in [3.8, 4) is 0 Å². The van der Waals surface area contributed by atoms with Gasteiger partial charge in [0.25, 0.3) is 0 Å². The summed E-state index contributed by atoms with van der Waals surface area (Å²) < 4.78 is 0. The van der Waals surface area contributed by atoms with Gasteiger partial charge in [-0.05, 0) is 49.4 Å². The van der Waals surface area contributed by atoms with Gasteiger partial charge in [0.2, 0.25) is 0 Å². The monoisotopic (exact) mass is 148 g/mol. The highest BCUT2D eigenvalue weighted by molar-refractivity contribution is 5.43. The summed E-state index contributed by atoms with van der Waals surface area (Å²) >= 11 is 0. The van der Waals surface area contributed by atoms with Crippen LogP contribution in [0.25, 0.3) is 0 Å². The SMILES string of the molecule is CCC=C1C23CCC1(CC2)C3. The molecule has 5 rings (SSSR count). The van der Waals surface area contributed by atoms with E-state index < -0.39 is 0 Å². The molecule has 0 aromatic carbocycles. The molecule has 11 heavy (non-hydrogen) atoms. The van der Waals surface area contributed by atoms with Crippen molar-refractivity contribution in [1.29, 1.82) is 0 Å². The maximum absolute atomic E-state index is 2.53. The standard InChI is InChI=1S/C11H16/c1-2-3-9-10-4-5-11(9,8-10)7-6-10/h3H,2,4-8H2,1H3. The van der Waals surface area contributed by atoms with Crippen LogP contribution in [0.1, 0.15) is 45.4 Å². The average Bonchev–Trinajstić information content (AvgIpc) is 2.68. The van der Waals surface area contributed by atoms with E-state index in [-0.39, 0.29) is 0 Å². The van der Waals surface area contributed by atoms with Gasteiger partial charge in [-0.25, -0.2) is 0 Å². The van der Waals surface area contributed by atoms with Crippen molar-refractivity contribution in [3.63, 3.8) is 0 Å². The maximum Gasteiger partial charge on any atom is -0.00735 e. The summed E-state index contributed by atoms with van der Waals surface area (Å²) in [6, 6.07) is 0. The zero-order chi connectivity index (χ0) is 7.53. The van der Waals surface area contributed by atoms with E-state index in [1.54, 1.807) is 6.42 Å². The van der Waals surface area contributed by atoms with Crippen LogP contribution in [0.2, 0.25) is 0 Å². The Bertz CT molecular complexity index is 206. The van der Waals surface area contributed by atoms with Crippen LogP contribution in [0.3, 0.4) is 0 Å². The van der Waals surface area contributed by atoms with Crippen LogP contribution < -0.4 is 0 Å². The Labute approximate surface area is 68.7 Å². The third-order valence-electron chi connectivity index (χ3n) is 4.39. The third-order valence-corrected chi connectivity index (χ3v) is 4.39. The molecule has 0 unspecified atom stereocenters. The van der Waals surface area contributed by atoms with Gasteiger partial charge in [0.05, 0.1) is 0 Å². The lowest BCUT2D eigenvalue weighted by Gasteiger charge is -2.41. The molecule has 0 aromatic rings. The van der Waals surface area contributed by atoms with Crippen molar-refractivity contribution >= 4 is 0 Å². The molecule has 0 spiro atoms. The van der Waals surface area contributed by atoms with Crippen LogP contribution in [-0.2, 0) is 0 Å². The summed E-state index contributed by atoms with van der Waals surface area (Å²) in [4.78, 5) is 0. The van der Waals surface area contributed by atoms with Crippen LogP contribution in [-0.4, -0.2) is 0 Å². The maximum atomic E-state index is 2.53. The second-order valence-corrected chi connectivity index (χ2v) is 4.76. The molecular weight excluding hydrogens is 132 g/mol. The summed E-state index contributed by atoms with van der Waals surface area (Å²) in [5, 5.41) is 0. The van der Waals surface area contributed by atoms with Gasteiger partial charge in [0, 0.05) is 0 Å². The summed E-state index contributed by atoms with van der Waals surface area (Å²) in [7, 11) is 0. The van der Waals surface area contributed by atoms with E-state index in [0.717, 1.165) is 10.8 Å². The van der Waals surface area contributed by atoms with Gasteiger partial charge in [-0.15, -0.1) is 0 Å². The lowest BCUT2D eigenvalue weighted by molar-refractivity contribution is 0.268. The highest BCUT2D eigenvalue weighted by Gasteiger charge is 2.69. The number of allylic oxidation sites excluding steroid dienone is 2. The topological polar surface area (TPSA) is 0 Å². The molecule has 5 saturated carbocycles. The Morgan fingerprint density at radius 3 is 2.09 bits per heavy atom. The van der Waals surface area contributed by atoms with Crippen molar-refractivity contribution in [2.45, 2.75) is 45.4 Å². The Morgan fingerprint density at radius 2 is 1.73 bits per heavy atom. The van der Waals surface area contributed by atoms with Crippen LogP contribution in [0.15, 0.2) is 11.6 Å². The minimum Gasteiger partial charge on any atom is -0.0845 e. The largest absolute Gasteiger partial charge is 0.0845 e. The number of fused-ring (bicyclic) bond motifs is 2. The van der Waals surface area contributed by atoms with Crippen molar-refractivity contribution in [3.05, 3.63) is 11.6 Å². The Balaban J connectivity index is 2.07. The Kier molecular flexibility index (Phi) is 0.898. The normalized spacial score (nSPS) is 51.2. The molecule has 5 aliphatic rings. The van der Waals surface area contributed by atoms with Crippen molar-refractivity contribution in [2.24, 2.45) is 10.8 Å². The zero-order valence-electron chi connectivity index (χ0n) is 7.32. The van der Waals surface area contributed by atoms with Gasteiger partial charge >= 0.3 is 0 Å². The fourth-order valence-electron chi connectivity index (χ4n) is 4.03. The molecule has 0 nitrogen and oxygen atoms in total. The van der Waals surface area contributed by atoms with Gasteiger partial charge in [-0.2, -0.15) is 0 Å². The fourth-order valence-corrected chi connectivity index (χ4v) is 4.03.